The minimum atomic E-state index is -0.184. The number of hydrogen-bond donors (Lipinski definition) is 1. The van der Waals surface area contributed by atoms with Crippen molar-refractivity contribution in [3.05, 3.63) is 12.7 Å². The molecule has 0 aliphatic rings. The van der Waals surface area contributed by atoms with Crippen LogP contribution >= 0.6 is 0 Å². The molecule has 0 saturated heterocycles. The van der Waals surface area contributed by atoms with Crippen LogP contribution in [0.25, 0.3) is 0 Å². The van der Waals surface area contributed by atoms with Crippen LogP contribution in [0.2, 0.25) is 0 Å². The molecule has 0 fully saturated rings. The molecule has 0 radical (unpaired) electrons. The van der Waals surface area contributed by atoms with E-state index in [1.807, 2.05) is 13.8 Å². The van der Waals surface area contributed by atoms with Crippen molar-refractivity contribution >= 4 is 0 Å². The first kappa shape index (κ1) is 11.7. The van der Waals surface area contributed by atoms with Crippen LogP contribution in [0.1, 0.15) is 33.1 Å². The highest BCUT2D eigenvalue weighted by molar-refractivity contribution is 4.65. The zero-order valence-corrected chi connectivity index (χ0v) is 8.12. The second-order valence-electron chi connectivity index (χ2n) is 3.21. The molecule has 0 aromatic heterocycles. The maximum atomic E-state index is 8.98. The Balaban J connectivity index is 3.18. The van der Waals surface area contributed by atoms with Crippen LogP contribution in [0.15, 0.2) is 12.7 Å². The topological polar surface area (TPSA) is 29.5 Å². The largest absolute Gasteiger partial charge is 0.393 e. The lowest BCUT2D eigenvalue weighted by atomic mass is 10.1. The molecule has 2 nitrogen and oxygen atoms in total. The van der Waals surface area contributed by atoms with Crippen molar-refractivity contribution < 1.29 is 9.84 Å². The zero-order valence-electron chi connectivity index (χ0n) is 8.12. The van der Waals surface area contributed by atoms with E-state index in [9.17, 15) is 0 Å². The lowest BCUT2D eigenvalue weighted by Crippen LogP contribution is -2.09. The highest BCUT2D eigenvalue weighted by atomic mass is 16.5. The molecule has 0 aliphatic heterocycles. The van der Waals surface area contributed by atoms with Gasteiger partial charge in [0.2, 0.25) is 0 Å². The molecule has 0 bridgehead atoms. The molecule has 0 heterocycles. The van der Waals surface area contributed by atoms with Gasteiger partial charge in [0.25, 0.3) is 0 Å². The molecule has 0 saturated carbocycles. The van der Waals surface area contributed by atoms with Gasteiger partial charge in [0.15, 0.2) is 0 Å². The second kappa shape index (κ2) is 7.32. The van der Waals surface area contributed by atoms with Crippen LogP contribution in [0.4, 0.5) is 0 Å². The van der Waals surface area contributed by atoms with Crippen molar-refractivity contribution in [2.75, 3.05) is 6.61 Å². The minimum absolute atomic E-state index is 0.184. The number of hydrogen-bond acceptors (Lipinski definition) is 2. The van der Waals surface area contributed by atoms with E-state index in [-0.39, 0.29) is 12.2 Å². The van der Waals surface area contributed by atoms with Gasteiger partial charge in [0, 0.05) is 0 Å². The van der Waals surface area contributed by atoms with Gasteiger partial charge in [-0.25, -0.2) is 0 Å². The van der Waals surface area contributed by atoms with E-state index in [0.29, 0.717) is 6.61 Å². The summed E-state index contributed by atoms with van der Waals surface area (Å²) in [5, 5.41) is 8.98. The maximum Gasteiger partial charge on any atom is 0.0648 e. The van der Waals surface area contributed by atoms with Crippen LogP contribution in [-0.2, 0) is 4.74 Å². The molecule has 1 N–H and O–H groups in total. The van der Waals surface area contributed by atoms with Crippen LogP contribution in [0, 0.1) is 0 Å². The standard InChI is InChI=1S/C10H20O2/c1-4-8-12-10(3)7-5-6-9(2)11/h4,9-11H,1,5-8H2,2-3H3. The van der Waals surface area contributed by atoms with Crippen molar-refractivity contribution in [3.63, 3.8) is 0 Å². The Morgan fingerprint density at radius 2 is 2.08 bits per heavy atom. The van der Waals surface area contributed by atoms with Crippen molar-refractivity contribution in [1.82, 2.24) is 0 Å². The lowest BCUT2D eigenvalue weighted by Gasteiger charge is -2.11. The summed E-state index contributed by atoms with van der Waals surface area (Å²) in [7, 11) is 0. The summed E-state index contributed by atoms with van der Waals surface area (Å²) in [5.74, 6) is 0. The molecule has 2 heteroatoms. The number of ether oxygens (including phenoxy) is 1. The Morgan fingerprint density at radius 3 is 2.58 bits per heavy atom. The third-order valence-corrected chi connectivity index (χ3v) is 1.73. The van der Waals surface area contributed by atoms with Gasteiger partial charge in [-0.15, -0.1) is 6.58 Å². The summed E-state index contributed by atoms with van der Waals surface area (Å²) in [4.78, 5) is 0. The lowest BCUT2D eigenvalue weighted by molar-refractivity contribution is 0.0759. The maximum absolute atomic E-state index is 8.98. The first-order valence-electron chi connectivity index (χ1n) is 4.57. The van der Waals surface area contributed by atoms with Gasteiger partial charge in [0.1, 0.15) is 0 Å². The Hall–Kier alpha value is -0.340. The van der Waals surface area contributed by atoms with E-state index in [1.54, 1.807) is 6.08 Å². The normalized spacial score (nSPS) is 15.6. The predicted octanol–water partition coefficient (Wildman–Crippen LogP) is 2.13. The van der Waals surface area contributed by atoms with Gasteiger partial charge in [-0.2, -0.15) is 0 Å². The predicted molar refractivity (Wildman–Crippen MR) is 51.1 cm³/mol. The van der Waals surface area contributed by atoms with Gasteiger partial charge >= 0.3 is 0 Å². The molecule has 0 amide bonds. The molecule has 72 valence electrons. The van der Waals surface area contributed by atoms with E-state index in [0.717, 1.165) is 19.3 Å². The van der Waals surface area contributed by atoms with Crippen LogP contribution in [-0.4, -0.2) is 23.9 Å². The van der Waals surface area contributed by atoms with Crippen molar-refractivity contribution in [2.24, 2.45) is 0 Å². The highest BCUT2D eigenvalue weighted by Gasteiger charge is 2.02. The Kier molecular flexibility index (Phi) is 7.11. The van der Waals surface area contributed by atoms with E-state index in [4.69, 9.17) is 9.84 Å². The third-order valence-electron chi connectivity index (χ3n) is 1.73. The fourth-order valence-electron chi connectivity index (χ4n) is 1.02. The molecular formula is C10H20O2. The van der Waals surface area contributed by atoms with E-state index >= 15 is 0 Å². The molecule has 0 spiro atoms. The van der Waals surface area contributed by atoms with Crippen molar-refractivity contribution in [3.8, 4) is 0 Å². The molecule has 0 aliphatic carbocycles. The summed E-state index contributed by atoms with van der Waals surface area (Å²) < 4.78 is 5.37. The molecule has 0 aromatic carbocycles. The molecule has 0 rings (SSSR count). The summed E-state index contributed by atoms with van der Waals surface area (Å²) in [6.07, 6.45) is 4.75. The van der Waals surface area contributed by atoms with E-state index < -0.39 is 0 Å². The van der Waals surface area contributed by atoms with Gasteiger partial charge in [0.05, 0.1) is 18.8 Å². The van der Waals surface area contributed by atoms with Crippen LogP contribution in [0.3, 0.4) is 0 Å². The van der Waals surface area contributed by atoms with Crippen LogP contribution < -0.4 is 0 Å². The zero-order chi connectivity index (χ0) is 9.40. The summed E-state index contributed by atoms with van der Waals surface area (Å²) in [6.45, 7) is 8.06. The molecular weight excluding hydrogens is 152 g/mol. The van der Waals surface area contributed by atoms with Gasteiger partial charge in [-0.3, -0.25) is 0 Å². The average Bonchev–Trinajstić information content (AvgIpc) is 2.00. The van der Waals surface area contributed by atoms with Gasteiger partial charge in [-0.1, -0.05) is 6.08 Å². The number of rotatable bonds is 7. The minimum Gasteiger partial charge on any atom is -0.393 e. The van der Waals surface area contributed by atoms with Gasteiger partial charge in [-0.05, 0) is 33.1 Å². The molecule has 2 unspecified atom stereocenters. The number of aliphatic hydroxyl groups is 1. The Morgan fingerprint density at radius 1 is 1.42 bits per heavy atom. The fourth-order valence-corrected chi connectivity index (χ4v) is 1.02. The van der Waals surface area contributed by atoms with E-state index in [1.165, 1.54) is 0 Å². The first-order chi connectivity index (χ1) is 5.66. The summed E-state index contributed by atoms with van der Waals surface area (Å²) >= 11 is 0. The quantitative estimate of drug-likeness (QED) is 0.596. The Bertz CT molecular complexity index is 110. The van der Waals surface area contributed by atoms with Gasteiger partial charge < -0.3 is 9.84 Å². The first-order valence-corrected chi connectivity index (χ1v) is 4.57. The number of aliphatic hydroxyl groups excluding tert-OH is 1. The summed E-state index contributed by atoms with van der Waals surface area (Å²) in [5.41, 5.74) is 0. The SMILES string of the molecule is C=CCOC(C)CCCC(C)O. The Labute approximate surface area is 75.2 Å². The van der Waals surface area contributed by atoms with E-state index in [2.05, 4.69) is 6.58 Å². The molecule has 2 atom stereocenters. The third kappa shape index (κ3) is 7.76. The summed E-state index contributed by atoms with van der Waals surface area (Å²) in [6, 6.07) is 0. The highest BCUT2D eigenvalue weighted by Crippen LogP contribution is 2.06. The average molecular weight is 172 g/mol. The van der Waals surface area contributed by atoms with Crippen molar-refractivity contribution in [2.45, 2.75) is 45.3 Å². The molecule has 12 heavy (non-hydrogen) atoms. The smallest absolute Gasteiger partial charge is 0.0648 e. The van der Waals surface area contributed by atoms with Crippen molar-refractivity contribution in [1.29, 1.82) is 0 Å². The second-order valence-corrected chi connectivity index (χ2v) is 3.21. The molecule has 0 aromatic rings. The fraction of sp³-hybridized carbons (Fsp3) is 0.800. The van der Waals surface area contributed by atoms with Crippen LogP contribution in [0.5, 0.6) is 0 Å². The monoisotopic (exact) mass is 172 g/mol.